The molecule has 9 heavy (non-hydrogen) atoms. The molecule has 0 saturated heterocycles. The fraction of sp³-hybridized carbons (Fsp3) is 0.714. The van der Waals surface area contributed by atoms with Crippen molar-refractivity contribution in [3.8, 4) is 6.07 Å². The van der Waals surface area contributed by atoms with Crippen molar-refractivity contribution in [3.05, 3.63) is 0 Å². The molecule has 0 aliphatic heterocycles. The van der Waals surface area contributed by atoms with E-state index in [9.17, 15) is 4.79 Å². The van der Waals surface area contributed by atoms with Crippen molar-refractivity contribution < 1.29 is 4.79 Å². The van der Waals surface area contributed by atoms with Crippen LogP contribution < -0.4 is 0 Å². The molecule has 0 bridgehead atoms. The average Bonchev–Trinajstić information content (AvgIpc) is 2.63. The Labute approximate surface area is 54.5 Å². The van der Waals surface area contributed by atoms with Crippen LogP contribution in [-0.2, 0) is 4.79 Å². The molecule has 0 radical (unpaired) electrons. The van der Waals surface area contributed by atoms with Gasteiger partial charge in [0.2, 0.25) is 0 Å². The van der Waals surface area contributed by atoms with E-state index in [1.807, 2.05) is 6.92 Å². The number of carbonyl (C=O) groups is 1. The van der Waals surface area contributed by atoms with Crippen LogP contribution in [0.3, 0.4) is 0 Å². The molecule has 0 N–H and O–H groups in total. The first-order chi connectivity index (χ1) is 4.29. The molecule has 0 aromatic carbocycles. The number of hydrogen-bond acceptors (Lipinski definition) is 2. The van der Waals surface area contributed by atoms with Crippen molar-refractivity contribution in [3.63, 3.8) is 0 Å². The number of carbonyl (C=O) groups excluding carboxylic acids is 1. The minimum Gasteiger partial charge on any atom is -0.303 e. The smallest absolute Gasteiger partial charge is 0.127 e. The first-order valence-electron chi connectivity index (χ1n) is 3.15. The fourth-order valence-corrected chi connectivity index (χ4v) is 1.10. The highest BCUT2D eigenvalue weighted by Crippen LogP contribution is 2.52. The van der Waals surface area contributed by atoms with Crippen molar-refractivity contribution in [2.24, 2.45) is 11.3 Å². The largest absolute Gasteiger partial charge is 0.303 e. The standard InChI is InChI=1S/C7H9NO/c1-2-7(5-9)3-6(7)4-8/h5-6H,2-3H2,1H3/t6-,7+/m1/s1. The fourth-order valence-electron chi connectivity index (χ4n) is 1.10. The third kappa shape index (κ3) is 0.730. The van der Waals surface area contributed by atoms with Crippen molar-refractivity contribution in [2.45, 2.75) is 19.8 Å². The van der Waals surface area contributed by atoms with Gasteiger partial charge in [-0.15, -0.1) is 0 Å². The maximum absolute atomic E-state index is 10.3. The zero-order valence-corrected chi connectivity index (χ0v) is 5.42. The Morgan fingerprint density at radius 3 is 2.78 bits per heavy atom. The predicted octanol–water partition coefficient (Wildman–Crippen LogP) is 1.13. The highest BCUT2D eigenvalue weighted by molar-refractivity contribution is 5.65. The Morgan fingerprint density at radius 2 is 2.67 bits per heavy atom. The van der Waals surface area contributed by atoms with Crippen molar-refractivity contribution in [1.29, 1.82) is 5.26 Å². The van der Waals surface area contributed by atoms with Gasteiger partial charge in [0.1, 0.15) is 6.29 Å². The van der Waals surface area contributed by atoms with E-state index in [-0.39, 0.29) is 11.3 Å². The van der Waals surface area contributed by atoms with E-state index in [0.717, 1.165) is 19.1 Å². The monoisotopic (exact) mass is 123 g/mol. The van der Waals surface area contributed by atoms with E-state index in [4.69, 9.17) is 5.26 Å². The average molecular weight is 123 g/mol. The van der Waals surface area contributed by atoms with Crippen molar-refractivity contribution in [1.82, 2.24) is 0 Å². The zero-order chi connectivity index (χ0) is 6.91. The summed E-state index contributed by atoms with van der Waals surface area (Å²) in [7, 11) is 0. The summed E-state index contributed by atoms with van der Waals surface area (Å²) in [6, 6.07) is 2.10. The second-order valence-electron chi connectivity index (χ2n) is 2.59. The molecule has 1 rings (SSSR count). The van der Waals surface area contributed by atoms with Crippen LogP contribution in [0.1, 0.15) is 19.8 Å². The third-order valence-corrected chi connectivity index (χ3v) is 2.17. The number of aldehydes is 1. The molecular weight excluding hydrogens is 114 g/mol. The molecule has 1 saturated carbocycles. The number of nitriles is 1. The molecule has 1 aliphatic carbocycles. The lowest BCUT2D eigenvalue weighted by Gasteiger charge is -1.97. The second kappa shape index (κ2) is 1.84. The topological polar surface area (TPSA) is 40.9 Å². The maximum Gasteiger partial charge on any atom is 0.127 e. The number of nitrogens with zero attached hydrogens (tertiary/aromatic N) is 1. The molecular formula is C7H9NO. The summed E-state index contributed by atoms with van der Waals surface area (Å²) in [5, 5.41) is 8.39. The Hall–Kier alpha value is -0.840. The summed E-state index contributed by atoms with van der Waals surface area (Å²) in [5.74, 6) is 0.0139. The van der Waals surface area contributed by atoms with Crippen LogP contribution in [-0.4, -0.2) is 6.29 Å². The lowest BCUT2D eigenvalue weighted by atomic mass is 10.0. The molecule has 0 unspecified atom stereocenters. The Balaban J connectivity index is 2.59. The van der Waals surface area contributed by atoms with E-state index < -0.39 is 0 Å². The highest BCUT2D eigenvalue weighted by atomic mass is 16.1. The van der Waals surface area contributed by atoms with Gasteiger partial charge < -0.3 is 4.79 Å². The van der Waals surface area contributed by atoms with Crippen LogP contribution in [0.25, 0.3) is 0 Å². The van der Waals surface area contributed by atoms with E-state index >= 15 is 0 Å². The number of hydrogen-bond donors (Lipinski definition) is 0. The normalized spacial score (nSPS) is 39.3. The molecule has 2 atom stereocenters. The van der Waals surface area contributed by atoms with Gasteiger partial charge in [0.05, 0.1) is 12.0 Å². The third-order valence-electron chi connectivity index (χ3n) is 2.17. The van der Waals surface area contributed by atoms with Crippen molar-refractivity contribution >= 4 is 6.29 Å². The van der Waals surface area contributed by atoms with Crippen LogP contribution in [0.4, 0.5) is 0 Å². The van der Waals surface area contributed by atoms with E-state index in [1.54, 1.807) is 0 Å². The first kappa shape index (κ1) is 6.28. The van der Waals surface area contributed by atoms with E-state index in [2.05, 4.69) is 6.07 Å². The minimum atomic E-state index is -0.241. The predicted molar refractivity (Wildman–Crippen MR) is 32.5 cm³/mol. The summed E-state index contributed by atoms with van der Waals surface area (Å²) in [4.78, 5) is 10.3. The summed E-state index contributed by atoms with van der Waals surface area (Å²) in [5.41, 5.74) is -0.241. The summed E-state index contributed by atoms with van der Waals surface area (Å²) in [6.07, 6.45) is 2.53. The van der Waals surface area contributed by atoms with Crippen LogP contribution in [0, 0.1) is 22.7 Å². The molecule has 1 aliphatic rings. The van der Waals surface area contributed by atoms with E-state index in [1.165, 1.54) is 0 Å². The quantitative estimate of drug-likeness (QED) is 0.516. The molecule has 0 heterocycles. The zero-order valence-electron chi connectivity index (χ0n) is 5.42. The summed E-state index contributed by atoms with van der Waals surface area (Å²) < 4.78 is 0. The number of rotatable bonds is 2. The minimum absolute atomic E-state index is 0.0139. The summed E-state index contributed by atoms with van der Waals surface area (Å²) >= 11 is 0. The van der Waals surface area contributed by atoms with E-state index in [0.29, 0.717) is 0 Å². The molecule has 0 aromatic rings. The van der Waals surface area contributed by atoms with Gasteiger partial charge in [-0.2, -0.15) is 5.26 Å². The Morgan fingerprint density at radius 1 is 2.00 bits per heavy atom. The molecule has 0 amide bonds. The van der Waals surface area contributed by atoms with Gasteiger partial charge in [-0.25, -0.2) is 0 Å². The van der Waals surface area contributed by atoms with Crippen molar-refractivity contribution in [2.75, 3.05) is 0 Å². The molecule has 2 nitrogen and oxygen atoms in total. The van der Waals surface area contributed by atoms with Crippen LogP contribution >= 0.6 is 0 Å². The van der Waals surface area contributed by atoms with Crippen LogP contribution in [0.2, 0.25) is 0 Å². The molecule has 0 aromatic heterocycles. The molecule has 2 heteroatoms. The lowest BCUT2D eigenvalue weighted by Crippen LogP contribution is -2.02. The Bertz CT molecular complexity index is 170. The highest BCUT2D eigenvalue weighted by Gasteiger charge is 2.53. The Kier molecular flexibility index (Phi) is 1.28. The SMILES string of the molecule is CC[C@@]1(C=O)C[C@@H]1C#N. The molecule has 0 spiro atoms. The second-order valence-corrected chi connectivity index (χ2v) is 2.59. The van der Waals surface area contributed by atoms with Gasteiger partial charge in [-0.05, 0) is 12.8 Å². The van der Waals surface area contributed by atoms with Gasteiger partial charge in [0.25, 0.3) is 0 Å². The molecule has 1 fully saturated rings. The van der Waals surface area contributed by atoms with Gasteiger partial charge in [0.15, 0.2) is 0 Å². The van der Waals surface area contributed by atoms with Crippen LogP contribution in [0.15, 0.2) is 0 Å². The molecule has 48 valence electrons. The first-order valence-corrected chi connectivity index (χ1v) is 3.15. The van der Waals surface area contributed by atoms with Gasteiger partial charge in [-0.3, -0.25) is 0 Å². The maximum atomic E-state index is 10.3. The summed E-state index contributed by atoms with van der Waals surface area (Å²) in [6.45, 7) is 1.95. The lowest BCUT2D eigenvalue weighted by molar-refractivity contribution is -0.112. The van der Waals surface area contributed by atoms with Gasteiger partial charge in [0, 0.05) is 5.41 Å². The van der Waals surface area contributed by atoms with Crippen LogP contribution in [0.5, 0.6) is 0 Å². The van der Waals surface area contributed by atoms with Gasteiger partial charge in [-0.1, -0.05) is 6.92 Å². The van der Waals surface area contributed by atoms with Gasteiger partial charge >= 0.3 is 0 Å².